The predicted molar refractivity (Wildman–Crippen MR) is 69.7 cm³/mol. The molecule has 0 amide bonds. The van der Waals surface area contributed by atoms with Crippen LogP contribution in [0.15, 0.2) is 30.5 Å². The summed E-state index contributed by atoms with van der Waals surface area (Å²) in [6, 6.07) is 8.60. The number of nitrogens with zero attached hydrogens (tertiary/aromatic N) is 1. The molecule has 0 radical (unpaired) electrons. The Bertz CT molecular complexity index is 445. The van der Waals surface area contributed by atoms with Crippen LogP contribution >= 0.6 is 12.6 Å². The molecule has 15 heavy (non-hydrogen) atoms. The molecule has 2 rings (SSSR count). The van der Waals surface area contributed by atoms with Crippen LogP contribution in [0.1, 0.15) is 18.4 Å². The number of fused-ring (bicyclic) bond motifs is 1. The van der Waals surface area contributed by atoms with Gasteiger partial charge in [0.15, 0.2) is 0 Å². The van der Waals surface area contributed by atoms with E-state index in [4.69, 9.17) is 0 Å². The molecule has 1 aromatic heterocycles. The minimum atomic E-state index is 0.991. The van der Waals surface area contributed by atoms with Crippen LogP contribution in [0.5, 0.6) is 0 Å². The summed E-state index contributed by atoms with van der Waals surface area (Å²) in [6.07, 6.45) is 5.86. The van der Waals surface area contributed by atoms with Crippen molar-refractivity contribution < 1.29 is 0 Å². The van der Waals surface area contributed by atoms with Gasteiger partial charge in [0.2, 0.25) is 0 Å². The summed E-state index contributed by atoms with van der Waals surface area (Å²) < 4.78 is 2.21. The quantitative estimate of drug-likeness (QED) is 0.594. The third-order valence-electron chi connectivity index (χ3n) is 2.83. The maximum Gasteiger partial charge on any atom is 0.0480 e. The summed E-state index contributed by atoms with van der Waals surface area (Å²) in [6.45, 7) is 0. The number of unbranched alkanes of at least 4 members (excludes halogenated alkanes) is 1. The molecule has 1 nitrogen and oxygen atoms in total. The second kappa shape index (κ2) is 4.75. The summed E-state index contributed by atoms with van der Waals surface area (Å²) in [5.41, 5.74) is 2.80. The van der Waals surface area contributed by atoms with E-state index >= 15 is 0 Å². The molecule has 0 saturated heterocycles. The van der Waals surface area contributed by atoms with Crippen LogP contribution in [0, 0.1) is 0 Å². The first-order valence-corrected chi connectivity index (χ1v) is 6.10. The molecule has 0 spiro atoms. The molecule has 1 aromatic carbocycles. The fourth-order valence-electron chi connectivity index (χ4n) is 2.05. The molecule has 0 aliphatic rings. The number of hydrogen-bond donors (Lipinski definition) is 1. The van der Waals surface area contributed by atoms with Crippen molar-refractivity contribution in [1.82, 2.24) is 4.57 Å². The van der Waals surface area contributed by atoms with Crippen LogP contribution in [0.25, 0.3) is 10.9 Å². The Balaban J connectivity index is 2.27. The largest absolute Gasteiger partial charge is 0.350 e. The van der Waals surface area contributed by atoms with Crippen molar-refractivity contribution in [3.8, 4) is 0 Å². The van der Waals surface area contributed by atoms with Crippen molar-refractivity contribution in [3.05, 3.63) is 36.0 Å². The van der Waals surface area contributed by atoms with Gasteiger partial charge in [-0.1, -0.05) is 18.2 Å². The summed E-state index contributed by atoms with van der Waals surface area (Å²) in [7, 11) is 2.12. The van der Waals surface area contributed by atoms with Crippen LogP contribution in [-0.4, -0.2) is 10.3 Å². The van der Waals surface area contributed by atoms with E-state index in [9.17, 15) is 0 Å². The molecule has 0 bridgehead atoms. The summed E-state index contributed by atoms with van der Waals surface area (Å²) in [5.74, 6) is 0.991. The molecule has 0 fully saturated rings. The van der Waals surface area contributed by atoms with Gasteiger partial charge in [0.05, 0.1) is 0 Å². The van der Waals surface area contributed by atoms with E-state index in [0.29, 0.717) is 0 Å². The maximum absolute atomic E-state index is 4.24. The first kappa shape index (κ1) is 10.6. The zero-order valence-electron chi connectivity index (χ0n) is 9.11. The second-order valence-electron chi connectivity index (χ2n) is 3.96. The van der Waals surface area contributed by atoms with Gasteiger partial charge in [-0.2, -0.15) is 12.6 Å². The molecular weight excluding hydrogens is 202 g/mol. The summed E-state index contributed by atoms with van der Waals surface area (Å²) in [4.78, 5) is 0. The Kier molecular flexibility index (Phi) is 3.37. The van der Waals surface area contributed by atoms with Crippen LogP contribution < -0.4 is 0 Å². The van der Waals surface area contributed by atoms with Gasteiger partial charge in [-0.25, -0.2) is 0 Å². The number of benzene rings is 1. The highest BCUT2D eigenvalue weighted by Crippen LogP contribution is 2.21. The number of para-hydroxylation sites is 1. The number of aryl methyl sites for hydroxylation is 2. The van der Waals surface area contributed by atoms with Gasteiger partial charge in [-0.05, 0) is 36.6 Å². The highest BCUT2D eigenvalue weighted by atomic mass is 32.1. The Morgan fingerprint density at radius 2 is 2.00 bits per heavy atom. The Morgan fingerprint density at radius 1 is 1.20 bits per heavy atom. The summed E-state index contributed by atoms with van der Waals surface area (Å²) in [5, 5.41) is 1.40. The monoisotopic (exact) mass is 219 g/mol. The lowest BCUT2D eigenvalue weighted by atomic mass is 10.1. The lowest BCUT2D eigenvalue weighted by molar-refractivity contribution is 0.803. The number of thiol groups is 1. The lowest BCUT2D eigenvalue weighted by Crippen LogP contribution is -1.85. The Labute approximate surface area is 96.5 Å². The van der Waals surface area contributed by atoms with Gasteiger partial charge in [0.25, 0.3) is 0 Å². The van der Waals surface area contributed by atoms with Gasteiger partial charge in [-0.3, -0.25) is 0 Å². The number of hydrogen-bond acceptors (Lipinski definition) is 1. The topological polar surface area (TPSA) is 4.93 Å². The smallest absolute Gasteiger partial charge is 0.0480 e. The fourth-order valence-corrected chi connectivity index (χ4v) is 2.28. The zero-order chi connectivity index (χ0) is 10.7. The van der Waals surface area contributed by atoms with Gasteiger partial charge in [0.1, 0.15) is 0 Å². The Morgan fingerprint density at radius 3 is 2.80 bits per heavy atom. The SMILES string of the molecule is Cn1cc(CCCCS)c2ccccc21. The fraction of sp³-hybridized carbons (Fsp3) is 0.385. The molecule has 80 valence electrons. The van der Waals surface area contributed by atoms with Gasteiger partial charge in [-0.15, -0.1) is 0 Å². The van der Waals surface area contributed by atoms with Crippen LogP contribution in [0.3, 0.4) is 0 Å². The third kappa shape index (κ3) is 2.20. The minimum absolute atomic E-state index is 0.991. The predicted octanol–water partition coefficient (Wildman–Crippen LogP) is 3.43. The third-order valence-corrected chi connectivity index (χ3v) is 3.15. The summed E-state index contributed by atoms with van der Waals surface area (Å²) >= 11 is 4.24. The van der Waals surface area contributed by atoms with Crippen molar-refractivity contribution in [2.24, 2.45) is 7.05 Å². The molecule has 0 saturated carbocycles. The highest BCUT2D eigenvalue weighted by Gasteiger charge is 2.04. The van der Waals surface area contributed by atoms with Gasteiger partial charge < -0.3 is 4.57 Å². The normalized spacial score (nSPS) is 11.1. The van der Waals surface area contributed by atoms with Crippen molar-refractivity contribution in [2.45, 2.75) is 19.3 Å². The van der Waals surface area contributed by atoms with Gasteiger partial charge >= 0.3 is 0 Å². The van der Waals surface area contributed by atoms with Crippen molar-refractivity contribution in [1.29, 1.82) is 0 Å². The van der Waals surface area contributed by atoms with E-state index in [1.807, 2.05) is 0 Å². The van der Waals surface area contributed by atoms with E-state index < -0.39 is 0 Å². The average Bonchev–Trinajstić information content (AvgIpc) is 2.58. The van der Waals surface area contributed by atoms with Crippen molar-refractivity contribution >= 4 is 23.5 Å². The van der Waals surface area contributed by atoms with Crippen LogP contribution in [0.2, 0.25) is 0 Å². The minimum Gasteiger partial charge on any atom is -0.350 e. The molecule has 0 aliphatic carbocycles. The molecule has 2 heteroatoms. The number of aromatic nitrogens is 1. The molecular formula is C13H17NS. The standard InChI is InChI=1S/C13H17NS/c1-14-10-11(6-4-5-9-15)12-7-2-3-8-13(12)14/h2-3,7-8,10,15H,4-6,9H2,1H3. The van der Waals surface area contributed by atoms with E-state index in [0.717, 1.165) is 5.75 Å². The van der Waals surface area contributed by atoms with E-state index in [2.05, 4.69) is 54.7 Å². The van der Waals surface area contributed by atoms with Crippen LogP contribution in [0.4, 0.5) is 0 Å². The van der Waals surface area contributed by atoms with Crippen molar-refractivity contribution in [2.75, 3.05) is 5.75 Å². The van der Waals surface area contributed by atoms with E-state index in [1.54, 1.807) is 0 Å². The van der Waals surface area contributed by atoms with Crippen LogP contribution in [-0.2, 0) is 13.5 Å². The lowest BCUT2D eigenvalue weighted by Gasteiger charge is -1.97. The molecule has 0 N–H and O–H groups in total. The van der Waals surface area contributed by atoms with Crippen molar-refractivity contribution in [3.63, 3.8) is 0 Å². The van der Waals surface area contributed by atoms with Gasteiger partial charge in [0, 0.05) is 24.1 Å². The second-order valence-corrected chi connectivity index (χ2v) is 4.41. The van der Waals surface area contributed by atoms with E-state index in [1.165, 1.54) is 35.7 Å². The Hall–Kier alpha value is -0.890. The molecule has 1 heterocycles. The molecule has 0 aliphatic heterocycles. The zero-order valence-corrected chi connectivity index (χ0v) is 10.0. The van der Waals surface area contributed by atoms with E-state index in [-0.39, 0.29) is 0 Å². The average molecular weight is 219 g/mol. The first-order chi connectivity index (χ1) is 7.33. The highest BCUT2D eigenvalue weighted by molar-refractivity contribution is 7.80. The first-order valence-electron chi connectivity index (χ1n) is 5.46. The molecule has 0 unspecified atom stereocenters. The molecule has 0 atom stereocenters. The maximum atomic E-state index is 4.24. The molecule has 2 aromatic rings. The number of rotatable bonds is 4.